The molecule has 0 bridgehead atoms. The van der Waals surface area contributed by atoms with E-state index in [1.165, 1.54) is 6.20 Å². The maximum atomic E-state index is 14.0. The number of amides is 2. The number of benzene rings is 3. The number of thiazole rings is 1. The SMILES string of the molecule is NC(N)=NCCCC(NC(=O)C(CCc1ccccc1)NC(=O)C(Cc1ccccc1)NS(=O)(=O)Cc1ccccc1)C(=O)c1nccs1. The first-order chi connectivity index (χ1) is 23.6. The Bertz CT molecular complexity index is 1770. The maximum Gasteiger partial charge on any atom is 0.243 e. The lowest BCUT2D eigenvalue weighted by atomic mass is 10.0. The van der Waals surface area contributed by atoms with Gasteiger partial charge in [-0.3, -0.25) is 19.4 Å². The fourth-order valence-electron chi connectivity index (χ4n) is 5.13. The van der Waals surface area contributed by atoms with E-state index in [0.29, 0.717) is 18.4 Å². The summed E-state index contributed by atoms with van der Waals surface area (Å²) in [7, 11) is -3.97. The number of aliphatic imine (C=N–C) groups is 1. The molecule has 0 radical (unpaired) electrons. The van der Waals surface area contributed by atoms with Gasteiger partial charge in [-0.1, -0.05) is 91.0 Å². The van der Waals surface area contributed by atoms with Gasteiger partial charge in [0.2, 0.25) is 27.6 Å². The first-order valence-electron chi connectivity index (χ1n) is 15.8. The Labute approximate surface area is 290 Å². The van der Waals surface area contributed by atoms with Crippen molar-refractivity contribution in [3.05, 3.63) is 124 Å². The normalized spacial score (nSPS) is 13.1. The van der Waals surface area contributed by atoms with Gasteiger partial charge in [-0.15, -0.1) is 11.3 Å². The second kappa shape index (κ2) is 18.6. The number of nitrogens with one attached hydrogen (secondary N) is 3. The van der Waals surface area contributed by atoms with Crippen molar-refractivity contribution in [3.63, 3.8) is 0 Å². The molecule has 7 N–H and O–H groups in total. The van der Waals surface area contributed by atoms with Crippen LogP contribution in [0, 0.1) is 0 Å². The maximum absolute atomic E-state index is 14.0. The Morgan fingerprint density at radius 1 is 0.755 bits per heavy atom. The minimum absolute atomic E-state index is 0.0453. The first-order valence-corrected chi connectivity index (χ1v) is 18.3. The molecular formula is C35H41N7O5S2. The van der Waals surface area contributed by atoms with E-state index in [-0.39, 0.29) is 48.3 Å². The summed E-state index contributed by atoms with van der Waals surface area (Å²) in [4.78, 5) is 49.4. The van der Waals surface area contributed by atoms with Gasteiger partial charge in [0.25, 0.3) is 0 Å². The third-order valence-corrected chi connectivity index (χ3v) is 9.68. The summed E-state index contributed by atoms with van der Waals surface area (Å²) in [6, 6.07) is 23.8. The molecule has 0 aliphatic carbocycles. The number of nitrogens with zero attached hydrogens (tertiary/aromatic N) is 2. The molecule has 4 rings (SSSR count). The highest BCUT2D eigenvalue weighted by molar-refractivity contribution is 7.88. The summed E-state index contributed by atoms with van der Waals surface area (Å²) in [5.74, 6) is -2.06. The molecule has 3 aromatic carbocycles. The van der Waals surface area contributed by atoms with Crippen LogP contribution in [0.3, 0.4) is 0 Å². The number of hydrogen-bond donors (Lipinski definition) is 5. The quantitative estimate of drug-likeness (QED) is 0.0425. The molecule has 1 aromatic heterocycles. The predicted molar refractivity (Wildman–Crippen MR) is 191 cm³/mol. The second-order valence-electron chi connectivity index (χ2n) is 11.4. The summed E-state index contributed by atoms with van der Waals surface area (Å²) in [5, 5.41) is 7.51. The second-order valence-corrected chi connectivity index (χ2v) is 14.1. The van der Waals surface area contributed by atoms with Crippen LogP contribution in [0.5, 0.6) is 0 Å². The molecule has 14 heteroatoms. The molecule has 0 aliphatic rings. The fourth-order valence-corrected chi connectivity index (χ4v) is 7.09. The lowest BCUT2D eigenvalue weighted by molar-refractivity contribution is -0.130. The van der Waals surface area contributed by atoms with Gasteiger partial charge in [-0.25, -0.2) is 18.1 Å². The van der Waals surface area contributed by atoms with Crippen molar-refractivity contribution in [3.8, 4) is 0 Å². The zero-order valence-corrected chi connectivity index (χ0v) is 28.5. The van der Waals surface area contributed by atoms with E-state index in [9.17, 15) is 22.8 Å². The molecule has 1 heterocycles. The lowest BCUT2D eigenvalue weighted by Gasteiger charge is -2.25. The summed E-state index contributed by atoms with van der Waals surface area (Å²) in [6.45, 7) is 0.248. The Morgan fingerprint density at radius 2 is 1.33 bits per heavy atom. The molecule has 0 fully saturated rings. The van der Waals surface area contributed by atoms with Crippen molar-refractivity contribution in [2.45, 2.75) is 56.0 Å². The number of guanidine groups is 1. The number of rotatable bonds is 19. The highest BCUT2D eigenvalue weighted by atomic mass is 32.2. The number of carbonyl (C=O) groups is 3. The summed E-state index contributed by atoms with van der Waals surface area (Å²) in [5.41, 5.74) is 13.1. The first kappa shape index (κ1) is 36.9. The number of carbonyl (C=O) groups excluding carboxylic acids is 3. The van der Waals surface area contributed by atoms with Crippen LogP contribution in [-0.4, -0.2) is 61.6 Å². The fraction of sp³-hybridized carbons (Fsp3) is 0.286. The monoisotopic (exact) mass is 703 g/mol. The van der Waals surface area contributed by atoms with Crippen LogP contribution in [0.25, 0.3) is 0 Å². The van der Waals surface area contributed by atoms with Gasteiger partial charge in [-0.05, 0) is 48.8 Å². The van der Waals surface area contributed by atoms with Gasteiger partial charge in [0.05, 0.1) is 11.8 Å². The smallest absolute Gasteiger partial charge is 0.243 e. The molecule has 4 aromatic rings. The number of ketones is 1. The highest BCUT2D eigenvalue weighted by Crippen LogP contribution is 2.14. The van der Waals surface area contributed by atoms with Crippen LogP contribution in [0.15, 0.2) is 108 Å². The molecule has 0 saturated carbocycles. The van der Waals surface area contributed by atoms with Crippen molar-refractivity contribution in [2.24, 2.45) is 16.5 Å². The molecule has 3 atom stereocenters. The van der Waals surface area contributed by atoms with Gasteiger partial charge in [0.1, 0.15) is 12.1 Å². The minimum atomic E-state index is -3.97. The zero-order chi connectivity index (χ0) is 35.1. The number of aromatic nitrogens is 1. The van der Waals surface area contributed by atoms with Crippen molar-refractivity contribution < 1.29 is 22.8 Å². The Balaban J connectivity index is 1.57. The van der Waals surface area contributed by atoms with Gasteiger partial charge in [0.15, 0.2) is 11.0 Å². The van der Waals surface area contributed by atoms with Crippen molar-refractivity contribution in [1.29, 1.82) is 0 Å². The molecule has 0 spiro atoms. The predicted octanol–water partition coefficient (Wildman–Crippen LogP) is 2.71. The third-order valence-electron chi connectivity index (χ3n) is 7.54. The Hall–Kier alpha value is -4.92. The number of nitrogens with two attached hydrogens (primary N) is 2. The molecule has 3 unspecified atom stereocenters. The van der Waals surface area contributed by atoms with E-state index in [2.05, 4.69) is 25.3 Å². The number of aryl methyl sites for hydroxylation is 1. The van der Waals surface area contributed by atoms with E-state index in [4.69, 9.17) is 11.5 Å². The third kappa shape index (κ3) is 12.6. The standard InChI is InChI=1S/C35H41N7O5S2/c36-35(37)39-20-10-17-28(31(43)34-38-21-22-48-34)40-32(44)29(19-18-25-11-4-1-5-12-25)41-33(45)30(23-26-13-6-2-7-14-26)42-49(46,47)24-27-15-8-3-9-16-27/h1-9,11-16,21-22,28-30,42H,10,17-20,23-24H2,(H,40,44)(H,41,45)(H4,36,37,39). The van der Waals surface area contributed by atoms with Crippen molar-refractivity contribution in [2.75, 3.05) is 6.54 Å². The average Bonchev–Trinajstić information content (AvgIpc) is 3.63. The number of sulfonamides is 1. The molecule has 2 amide bonds. The van der Waals surface area contributed by atoms with E-state index in [0.717, 1.165) is 22.5 Å². The van der Waals surface area contributed by atoms with Gasteiger partial charge < -0.3 is 22.1 Å². The summed E-state index contributed by atoms with van der Waals surface area (Å²) < 4.78 is 29.2. The van der Waals surface area contributed by atoms with Crippen LogP contribution in [0.1, 0.15) is 45.8 Å². The summed E-state index contributed by atoms with van der Waals surface area (Å²) in [6.07, 6.45) is 2.77. The molecule has 0 aliphatic heterocycles. The highest BCUT2D eigenvalue weighted by Gasteiger charge is 2.31. The topological polar surface area (TPSA) is 199 Å². The van der Waals surface area contributed by atoms with Crippen LogP contribution in [0.2, 0.25) is 0 Å². The van der Waals surface area contributed by atoms with Crippen LogP contribution in [0.4, 0.5) is 0 Å². The minimum Gasteiger partial charge on any atom is -0.370 e. The Kier molecular flexibility index (Phi) is 14.0. The molecule has 0 saturated heterocycles. The van der Waals surface area contributed by atoms with Crippen LogP contribution < -0.4 is 26.8 Å². The molecule has 258 valence electrons. The summed E-state index contributed by atoms with van der Waals surface area (Å²) >= 11 is 1.15. The van der Waals surface area contributed by atoms with Gasteiger partial charge in [0, 0.05) is 18.1 Å². The number of hydrogen-bond acceptors (Lipinski definition) is 8. The largest absolute Gasteiger partial charge is 0.370 e. The zero-order valence-electron chi connectivity index (χ0n) is 26.9. The Morgan fingerprint density at radius 3 is 1.92 bits per heavy atom. The van der Waals surface area contributed by atoms with Crippen LogP contribution >= 0.6 is 11.3 Å². The van der Waals surface area contributed by atoms with E-state index in [1.54, 1.807) is 60.0 Å². The van der Waals surface area contributed by atoms with Crippen molar-refractivity contribution >= 4 is 44.9 Å². The molecule has 49 heavy (non-hydrogen) atoms. The molecule has 12 nitrogen and oxygen atoms in total. The molecular weight excluding hydrogens is 663 g/mol. The van der Waals surface area contributed by atoms with Gasteiger partial charge in [-0.2, -0.15) is 0 Å². The average molecular weight is 704 g/mol. The van der Waals surface area contributed by atoms with Crippen LogP contribution in [-0.2, 0) is 38.2 Å². The van der Waals surface area contributed by atoms with Crippen molar-refractivity contribution in [1.82, 2.24) is 20.3 Å². The van der Waals surface area contributed by atoms with Gasteiger partial charge >= 0.3 is 0 Å². The van der Waals surface area contributed by atoms with E-state index < -0.39 is 40.0 Å². The lowest BCUT2D eigenvalue weighted by Crippen LogP contribution is -2.56. The van der Waals surface area contributed by atoms with E-state index in [1.807, 2.05) is 36.4 Å². The van der Waals surface area contributed by atoms with E-state index >= 15 is 0 Å². The number of Topliss-reactive ketones (excluding diaryl/α,β-unsaturated/α-hetero) is 1.